The van der Waals surface area contributed by atoms with Crippen LogP contribution in [0.25, 0.3) is 0 Å². The summed E-state index contributed by atoms with van der Waals surface area (Å²) in [5.74, 6) is -0.326. The van der Waals surface area contributed by atoms with Gasteiger partial charge < -0.3 is 5.11 Å². The minimum Gasteiger partial charge on any atom is -0.395 e. The van der Waals surface area contributed by atoms with Crippen molar-refractivity contribution in [2.24, 2.45) is 0 Å². The van der Waals surface area contributed by atoms with Crippen molar-refractivity contribution in [3.8, 4) is 0 Å². The smallest absolute Gasteiger partial charge is 0.251 e. The fourth-order valence-electron chi connectivity index (χ4n) is 3.20. The molecule has 1 aromatic rings. The largest absolute Gasteiger partial charge is 0.395 e. The van der Waals surface area contributed by atoms with Gasteiger partial charge in [-0.2, -0.15) is 0 Å². The number of benzene rings is 1. The highest BCUT2D eigenvalue weighted by molar-refractivity contribution is 6.30. The van der Waals surface area contributed by atoms with Gasteiger partial charge in [0.25, 0.3) is 5.91 Å². The van der Waals surface area contributed by atoms with Crippen LogP contribution in [0.5, 0.6) is 0 Å². The number of carbonyl (C=O) groups is 2. The summed E-state index contributed by atoms with van der Waals surface area (Å²) in [6.07, 6.45) is 0.224. The minimum atomic E-state index is -0.380. The van der Waals surface area contributed by atoms with Crippen molar-refractivity contribution in [1.82, 2.24) is 9.80 Å². The molecule has 2 heterocycles. The first-order valence-electron chi connectivity index (χ1n) is 7.80. The fraction of sp³-hybridized carbons (Fsp3) is 0.500. The number of carbonyl (C=O) groups excluding carboxylic acids is 2. The number of aliphatic hydroxyl groups is 1. The number of imide groups is 1. The van der Waals surface area contributed by atoms with E-state index in [1.54, 1.807) is 24.3 Å². The van der Waals surface area contributed by atoms with Gasteiger partial charge in [-0.05, 0) is 24.3 Å². The third-order valence-corrected chi connectivity index (χ3v) is 4.72. The summed E-state index contributed by atoms with van der Waals surface area (Å²) in [5, 5.41) is 9.56. The lowest BCUT2D eigenvalue weighted by Gasteiger charge is -2.36. The van der Waals surface area contributed by atoms with Crippen molar-refractivity contribution >= 4 is 29.1 Å². The van der Waals surface area contributed by atoms with E-state index in [0.717, 1.165) is 26.2 Å². The van der Waals surface area contributed by atoms with Gasteiger partial charge in [-0.1, -0.05) is 11.6 Å². The highest BCUT2D eigenvalue weighted by Gasteiger charge is 2.43. The van der Waals surface area contributed by atoms with Gasteiger partial charge in [-0.3, -0.25) is 19.4 Å². The Balaban J connectivity index is 1.68. The van der Waals surface area contributed by atoms with Gasteiger partial charge >= 0.3 is 0 Å². The van der Waals surface area contributed by atoms with E-state index < -0.39 is 0 Å². The molecule has 6 nitrogen and oxygen atoms in total. The quantitative estimate of drug-likeness (QED) is 0.814. The molecule has 3 rings (SSSR count). The molecule has 124 valence electrons. The van der Waals surface area contributed by atoms with Crippen LogP contribution in [0.4, 0.5) is 5.69 Å². The maximum Gasteiger partial charge on any atom is 0.251 e. The van der Waals surface area contributed by atoms with Gasteiger partial charge in [-0.15, -0.1) is 0 Å². The van der Waals surface area contributed by atoms with E-state index in [4.69, 9.17) is 16.7 Å². The molecular weight excluding hydrogens is 318 g/mol. The molecule has 2 fully saturated rings. The lowest BCUT2D eigenvalue weighted by Crippen LogP contribution is -2.52. The first-order valence-corrected chi connectivity index (χ1v) is 8.17. The Morgan fingerprint density at radius 2 is 1.74 bits per heavy atom. The zero-order valence-corrected chi connectivity index (χ0v) is 13.6. The second-order valence-corrected chi connectivity index (χ2v) is 6.30. The topological polar surface area (TPSA) is 64.1 Å². The van der Waals surface area contributed by atoms with E-state index >= 15 is 0 Å². The minimum absolute atomic E-state index is 0.144. The third-order valence-electron chi connectivity index (χ3n) is 4.47. The molecule has 2 saturated heterocycles. The molecule has 7 heteroatoms. The van der Waals surface area contributed by atoms with Gasteiger partial charge in [0.05, 0.1) is 24.8 Å². The van der Waals surface area contributed by atoms with Gasteiger partial charge in [0.15, 0.2) is 0 Å². The van der Waals surface area contributed by atoms with Crippen molar-refractivity contribution < 1.29 is 14.7 Å². The normalized spacial score (nSPS) is 23.7. The molecule has 1 atom stereocenters. The number of hydrogen-bond acceptors (Lipinski definition) is 5. The number of anilines is 1. The van der Waals surface area contributed by atoms with E-state index in [-0.39, 0.29) is 30.9 Å². The number of aliphatic hydroxyl groups excluding tert-OH is 1. The summed E-state index contributed by atoms with van der Waals surface area (Å²) >= 11 is 5.86. The van der Waals surface area contributed by atoms with E-state index in [1.807, 2.05) is 0 Å². The van der Waals surface area contributed by atoms with Crippen LogP contribution in [0.2, 0.25) is 5.02 Å². The van der Waals surface area contributed by atoms with Gasteiger partial charge in [0, 0.05) is 37.7 Å². The van der Waals surface area contributed by atoms with Crippen LogP contribution in [0, 0.1) is 0 Å². The Labute approximate surface area is 140 Å². The zero-order chi connectivity index (χ0) is 16.4. The molecule has 0 bridgehead atoms. The van der Waals surface area contributed by atoms with E-state index in [1.165, 1.54) is 4.90 Å². The lowest BCUT2D eigenvalue weighted by molar-refractivity contribution is -0.123. The second-order valence-electron chi connectivity index (χ2n) is 5.86. The summed E-state index contributed by atoms with van der Waals surface area (Å²) in [5.41, 5.74) is 0.575. The Bertz CT molecular complexity index is 585. The molecule has 0 aliphatic carbocycles. The van der Waals surface area contributed by atoms with Crippen LogP contribution >= 0.6 is 11.6 Å². The van der Waals surface area contributed by atoms with E-state index in [9.17, 15) is 9.59 Å². The first kappa shape index (κ1) is 16.4. The molecule has 2 aliphatic rings. The van der Waals surface area contributed by atoms with Crippen LogP contribution in [0.15, 0.2) is 24.3 Å². The van der Waals surface area contributed by atoms with Crippen molar-refractivity contribution in [2.75, 3.05) is 44.2 Å². The molecule has 1 N–H and O–H groups in total. The van der Waals surface area contributed by atoms with Crippen LogP contribution in [0.3, 0.4) is 0 Å². The van der Waals surface area contributed by atoms with Crippen LogP contribution < -0.4 is 4.90 Å². The molecule has 0 radical (unpaired) electrons. The maximum atomic E-state index is 12.7. The molecule has 0 spiro atoms. The standard InChI is InChI=1S/C16H20ClN3O3/c17-12-1-3-13(4-2-12)20-15(22)11-14(16(20)23)19-7-5-18(6-8-19)9-10-21/h1-4,14,21H,5-11H2/t14-/m1/s1. The molecule has 23 heavy (non-hydrogen) atoms. The average Bonchev–Trinajstić information content (AvgIpc) is 2.84. The summed E-state index contributed by atoms with van der Waals surface area (Å²) in [7, 11) is 0. The summed E-state index contributed by atoms with van der Waals surface area (Å²) in [6, 6.07) is 6.37. The van der Waals surface area contributed by atoms with Crippen molar-refractivity contribution in [3.63, 3.8) is 0 Å². The van der Waals surface area contributed by atoms with Gasteiger partial charge in [-0.25, -0.2) is 4.90 Å². The van der Waals surface area contributed by atoms with Gasteiger partial charge in [0.1, 0.15) is 0 Å². The van der Waals surface area contributed by atoms with Gasteiger partial charge in [0.2, 0.25) is 5.91 Å². The number of amides is 2. The molecule has 0 saturated carbocycles. The zero-order valence-electron chi connectivity index (χ0n) is 12.8. The highest BCUT2D eigenvalue weighted by atomic mass is 35.5. The van der Waals surface area contributed by atoms with Crippen molar-refractivity contribution in [2.45, 2.75) is 12.5 Å². The Hall–Kier alpha value is -1.47. The van der Waals surface area contributed by atoms with Crippen molar-refractivity contribution in [1.29, 1.82) is 0 Å². The maximum absolute atomic E-state index is 12.7. The van der Waals surface area contributed by atoms with E-state index in [2.05, 4.69) is 9.80 Å². The fourth-order valence-corrected chi connectivity index (χ4v) is 3.33. The predicted molar refractivity (Wildman–Crippen MR) is 87.4 cm³/mol. The summed E-state index contributed by atoms with van der Waals surface area (Å²) < 4.78 is 0. The summed E-state index contributed by atoms with van der Waals surface area (Å²) in [4.78, 5) is 30.5. The predicted octanol–water partition coefficient (Wildman–Crippen LogP) is 0.582. The van der Waals surface area contributed by atoms with Crippen LogP contribution in [0.1, 0.15) is 6.42 Å². The first-order chi connectivity index (χ1) is 11.1. The number of nitrogens with zero attached hydrogens (tertiary/aromatic N) is 3. The Kier molecular flexibility index (Phi) is 4.96. The number of halogens is 1. The van der Waals surface area contributed by atoms with Crippen LogP contribution in [-0.4, -0.2) is 72.1 Å². The number of piperazine rings is 1. The number of β-amino-alcohol motifs (C(OH)–C–C–N with tert-alkyl or cyclic N) is 1. The molecular formula is C16H20ClN3O3. The number of rotatable bonds is 4. The third kappa shape index (κ3) is 3.40. The molecule has 2 amide bonds. The lowest BCUT2D eigenvalue weighted by atomic mass is 10.1. The van der Waals surface area contributed by atoms with Crippen molar-refractivity contribution in [3.05, 3.63) is 29.3 Å². The molecule has 1 aromatic carbocycles. The van der Waals surface area contributed by atoms with E-state index in [0.29, 0.717) is 17.3 Å². The van der Waals surface area contributed by atoms with Crippen LogP contribution in [-0.2, 0) is 9.59 Å². The average molecular weight is 338 g/mol. The molecule has 0 unspecified atom stereocenters. The Morgan fingerprint density at radius 1 is 1.09 bits per heavy atom. The molecule has 0 aromatic heterocycles. The Morgan fingerprint density at radius 3 is 2.35 bits per heavy atom. The monoisotopic (exact) mass is 337 g/mol. The summed E-state index contributed by atoms with van der Waals surface area (Å²) in [6.45, 7) is 3.88. The number of hydrogen-bond donors (Lipinski definition) is 1. The highest BCUT2D eigenvalue weighted by Crippen LogP contribution is 2.27. The molecule has 2 aliphatic heterocycles. The SMILES string of the molecule is O=C1C[C@@H](N2CCN(CCO)CC2)C(=O)N1c1ccc(Cl)cc1. The second kappa shape index (κ2) is 6.97.